The Morgan fingerprint density at radius 3 is 2.33 bits per heavy atom. The Kier molecular flexibility index (Phi) is 5.70. The lowest BCUT2D eigenvalue weighted by Gasteiger charge is -2.30. The van der Waals surface area contributed by atoms with Gasteiger partial charge in [-0.25, -0.2) is 0 Å². The van der Waals surface area contributed by atoms with E-state index in [2.05, 4.69) is 11.9 Å². The van der Waals surface area contributed by atoms with Crippen molar-refractivity contribution < 1.29 is 9.59 Å². The highest BCUT2D eigenvalue weighted by atomic mass is 16.2. The number of rotatable bonds is 6. The van der Waals surface area contributed by atoms with E-state index in [4.69, 9.17) is 0 Å². The van der Waals surface area contributed by atoms with Gasteiger partial charge in [0.15, 0.2) is 0 Å². The Bertz CT molecular complexity index is 311. The molecule has 0 unspecified atom stereocenters. The van der Waals surface area contributed by atoms with Crippen LogP contribution in [0.5, 0.6) is 0 Å². The monoisotopic (exact) mass is 251 g/mol. The van der Waals surface area contributed by atoms with Gasteiger partial charge in [0.25, 0.3) is 0 Å². The van der Waals surface area contributed by atoms with Gasteiger partial charge >= 0.3 is 0 Å². The summed E-state index contributed by atoms with van der Waals surface area (Å²) in [5.74, 6) is -0.494. The number of carbonyl (C=O) groups is 2. The summed E-state index contributed by atoms with van der Waals surface area (Å²) in [6.07, 6.45) is 7.23. The van der Waals surface area contributed by atoms with Gasteiger partial charge in [0.05, 0.1) is 0 Å². The standard InChI is InChI=1S/C15H25NO2/c1-4-5-6-7-8-16-11-12-13(17)9-15(2,3)10-14(12)18/h11-12H,4-10H2,1-3H3. The summed E-state index contributed by atoms with van der Waals surface area (Å²) in [6, 6.07) is 0. The fraction of sp³-hybridized carbons (Fsp3) is 0.800. The average molecular weight is 251 g/mol. The summed E-state index contributed by atoms with van der Waals surface area (Å²) < 4.78 is 0. The molecule has 0 amide bonds. The molecule has 0 aromatic rings. The summed E-state index contributed by atoms with van der Waals surface area (Å²) in [5, 5.41) is 0. The molecule has 0 aromatic carbocycles. The molecule has 1 aliphatic rings. The zero-order valence-electron chi connectivity index (χ0n) is 11.9. The van der Waals surface area contributed by atoms with Crippen molar-refractivity contribution in [1.29, 1.82) is 0 Å². The number of carbonyl (C=O) groups excluding carboxylic acids is 2. The molecule has 1 fully saturated rings. The Hall–Kier alpha value is -0.990. The molecule has 0 bridgehead atoms. The molecule has 3 heteroatoms. The number of nitrogens with zero attached hydrogens (tertiary/aromatic N) is 1. The van der Waals surface area contributed by atoms with Crippen LogP contribution in [-0.4, -0.2) is 24.3 Å². The largest absolute Gasteiger partial charge is 0.298 e. The summed E-state index contributed by atoms with van der Waals surface area (Å²) >= 11 is 0. The second kappa shape index (κ2) is 6.81. The number of hydrogen-bond acceptors (Lipinski definition) is 3. The highest BCUT2D eigenvalue weighted by Crippen LogP contribution is 2.33. The smallest absolute Gasteiger partial charge is 0.149 e. The third-order valence-electron chi connectivity index (χ3n) is 3.39. The van der Waals surface area contributed by atoms with Crippen LogP contribution in [0.1, 0.15) is 59.3 Å². The zero-order chi connectivity index (χ0) is 13.6. The van der Waals surface area contributed by atoms with Gasteiger partial charge in [-0.15, -0.1) is 0 Å². The number of unbranched alkanes of at least 4 members (excludes halogenated alkanes) is 3. The molecule has 0 saturated heterocycles. The van der Waals surface area contributed by atoms with Gasteiger partial charge < -0.3 is 0 Å². The second-order valence-corrected chi connectivity index (χ2v) is 6.04. The van der Waals surface area contributed by atoms with Gasteiger partial charge in [0.2, 0.25) is 0 Å². The van der Waals surface area contributed by atoms with Crippen LogP contribution in [0.4, 0.5) is 0 Å². The van der Waals surface area contributed by atoms with Crippen LogP contribution >= 0.6 is 0 Å². The van der Waals surface area contributed by atoms with E-state index < -0.39 is 5.92 Å². The van der Waals surface area contributed by atoms with Crippen LogP contribution in [0.2, 0.25) is 0 Å². The second-order valence-electron chi connectivity index (χ2n) is 6.04. The van der Waals surface area contributed by atoms with Gasteiger partial charge in [-0.05, 0) is 11.8 Å². The molecule has 18 heavy (non-hydrogen) atoms. The molecule has 1 aliphatic carbocycles. The number of ketones is 2. The minimum atomic E-state index is -0.566. The van der Waals surface area contributed by atoms with E-state index in [1.54, 1.807) is 6.21 Å². The molecule has 0 aliphatic heterocycles. The van der Waals surface area contributed by atoms with Crippen LogP contribution < -0.4 is 0 Å². The van der Waals surface area contributed by atoms with Crippen molar-refractivity contribution >= 4 is 17.8 Å². The van der Waals surface area contributed by atoms with E-state index in [1.807, 2.05) is 13.8 Å². The van der Waals surface area contributed by atoms with Crippen molar-refractivity contribution in [2.24, 2.45) is 16.3 Å². The Balaban J connectivity index is 2.40. The first-order valence-electron chi connectivity index (χ1n) is 7.01. The number of Topliss-reactive ketones (excluding diaryl/α,β-unsaturated/α-hetero) is 2. The molecule has 1 rings (SSSR count). The van der Waals surface area contributed by atoms with E-state index in [9.17, 15) is 9.59 Å². The molecule has 0 N–H and O–H groups in total. The van der Waals surface area contributed by atoms with E-state index in [0.717, 1.165) is 13.0 Å². The molecule has 0 atom stereocenters. The molecule has 0 spiro atoms. The third kappa shape index (κ3) is 4.71. The van der Waals surface area contributed by atoms with Crippen LogP contribution in [0.3, 0.4) is 0 Å². The SMILES string of the molecule is CCCCCCN=CC1C(=O)CC(C)(C)CC1=O. The van der Waals surface area contributed by atoms with E-state index in [0.29, 0.717) is 12.8 Å². The number of aliphatic imine (C=N–C) groups is 1. The van der Waals surface area contributed by atoms with E-state index in [-0.39, 0.29) is 17.0 Å². The van der Waals surface area contributed by atoms with E-state index >= 15 is 0 Å². The minimum Gasteiger partial charge on any atom is -0.298 e. The van der Waals surface area contributed by atoms with Crippen LogP contribution in [-0.2, 0) is 9.59 Å². The van der Waals surface area contributed by atoms with Gasteiger partial charge in [-0.2, -0.15) is 0 Å². The number of hydrogen-bond donors (Lipinski definition) is 0. The first kappa shape index (κ1) is 15.1. The molecular weight excluding hydrogens is 226 g/mol. The Morgan fingerprint density at radius 2 is 1.78 bits per heavy atom. The highest BCUT2D eigenvalue weighted by molar-refractivity contribution is 6.16. The van der Waals surface area contributed by atoms with Crippen LogP contribution in [0, 0.1) is 11.3 Å². The van der Waals surface area contributed by atoms with Gasteiger partial charge in [-0.1, -0.05) is 40.0 Å². The fourth-order valence-corrected chi connectivity index (χ4v) is 2.38. The summed E-state index contributed by atoms with van der Waals surface area (Å²) in [7, 11) is 0. The van der Waals surface area contributed by atoms with Crippen molar-refractivity contribution in [3.63, 3.8) is 0 Å². The lowest BCUT2D eigenvalue weighted by molar-refractivity contribution is -0.136. The maximum atomic E-state index is 11.9. The quantitative estimate of drug-likeness (QED) is 0.413. The van der Waals surface area contributed by atoms with Crippen molar-refractivity contribution in [3.05, 3.63) is 0 Å². The lowest BCUT2D eigenvalue weighted by atomic mass is 9.72. The topological polar surface area (TPSA) is 46.5 Å². The summed E-state index contributed by atoms with van der Waals surface area (Å²) in [4.78, 5) is 28.0. The molecule has 0 heterocycles. The van der Waals surface area contributed by atoms with Crippen LogP contribution in [0.25, 0.3) is 0 Å². The van der Waals surface area contributed by atoms with Crippen molar-refractivity contribution in [2.75, 3.05) is 6.54 Å². The Morgan fingerprint density at radius 1 is 1.17 bits per heavy atom. The van der Waals surface area contributed by atoms with Crippen LogP contribution in [0.15, 0.2) is 4.99 Å². The van der Waals surface area contributed by atoms with Gasteiger partial charge in [-0.3, -0.25) is 14.6 Å². The van der Waals surface area contributed by atoms with Crippen molar-refractivity contribution in [3.8, 4) is 0 Å². The minimum absolute atomic E-state index is 0.0357. The first-order valence-corrected chi connectivity index (χ1v) is 7.01. The predicted octanol–water partition coefficient (Wildman–Crippen LogP) is 3.21. The predicted molar refractivity (Wildman–Crippen MR) is 74.0 cm³/mol. The van der Waals surface area contributed by atoms with Gasteiger partial charge in [0.1, 0.15) is 17.5 Å². The first-order chi connectivity index (χ1) is 8.46. The maximum Gasteiger partial charge on any atom is 0.149 e. The average Bonchev–Trinajstić information content (AvgIpc) is 2.24. The molecule has 3 nitrogen and oxygen atoms in total. The summed E-state index contributed by atoms with van der Waals surface area (Å²) in [5.41, 5.74) is -0.167. The molecule has 1 saturated carbocycles. The third-order valence-corrected chi connectivity index (χ3v) is 3.39. The van der Waals surface area contributed by atoms with Crippen molar-refractivity contribution in [2.45, 2.75) is 59.3 Å². The lowest BCUT2D eigenvalue weighted by Crippen LogP contribution is -2.38. The Labute approximate surface area is 110 Å². The van der Waals surface area contributed by atoms with Crippen molar-refractivity contribution in [1.82, 2.24) is 0 Å². The molecular formula is C15H25NO2. The maximum absolute atomic E-state index is 11.9. The normalized spacial score (nSPS) is 20.8. The molecule has 102 valence electrons. The zero-order valence-corrected chi connectivity index (χ0v) is 11.9. The highest BCUT2D eigenvalue weighted by Gasteiger charge is 2.38. The molecule has 0 aromatic heterocycles. The fourth-order valence-electron chi connectivity index (χ4n) is 2.38. The molecule has 0 radical (unpaired) electrons. The summed E-state index contributed by atoms with van der Waals surface area (Å²) in [6.45, 7) is 6.85. The van der Waals surface area contributed by atoms with E-state index in [1.165, 1.54) is 19.3 Å². The van der Waals surface area contributed by atoms with Gasteiger partial charge in [0, 0.05) is 25.6 Å².